The third-order valence-corrected chi connectivity index (χ3v) is 30.0. The van der Waals surface area contributed by atoms with Gasteiger partial charge in [-0.2, -0.15) is 0 Å². The second-order valence-corrected chi connectivity index (χ2v) is 38.7. The minimum atomic E-state index is 0. The maximum Gasteiger partial charge on any atom is 2.00 e. The summed E-state index contributed by atoms with van der Waals surface area (Å²) in [5.74, 6) is 5.24. The van der Waals surface area contributed by atoms with E-state index >= 15 is 0 Å². The van der Waals surface area contributed by atoms with E-state index in [2.05, 4.69) is 300 Å². The molecule has 0 atom stereocenters. The minimum Gasteiger partial charge on any atom is -0.358 e. The smallest absolute Gasteiger partial charge is 0.358 e. The normalized spacial score (nSPS) is 15.0. The first-order valence-electron chi connectivity index (χ1n) is 51.2. The number of para-hydroxylation sites is 3. The fourth-order valence-corrected chi connectivity index (χ4v) is 22.8. The van der Waals surface area contributed by atoms with Crippen molar-refractivity contribution in [1.82, 2.24) is 24.1 Å². The number of nitrogens with zero attached hydrogens (tertiary/aromatic N) is 5. The van der Waals surface area contributed by atoms with Crippen LogP contribution in [-0.2, 0) is 79.2 Å². The molecule has 0 N–H and O–H groups in total. The van der Waals surface area contributed by atoms with Crippen molar-refractivity contribution in [1.29, 1.82) is 0 Å². The van der Waals surface area contributed by atoms with E-state index in [1.807, 2.05) is 60.7 Å². The molecule has 0 bridgehead atoms. The minimum absolute atomic E-state index is 0. The van der Waals surface area contributed by atoms with Gasteiger partial charge in [0, 0.05) is 61.0 Å². The zero-order chi connectivity index (χ0) is 88.7. The molecule has 144 heavy (non-hydrogen) atoms. The van der Waals surface area contributed by atoms with Crippen LogP contribution in [0.15, 0.2) is 352 Å². The van der Waals surface area contributed by atoms with Crippen molar-refractivity contribution in [3.8, 4) is 62.1 Å². The molecule has 5 nitrogen and oxygen atoms in total. The number of aromatic nitrogens is 5. The second-order valence-electron chi connectivity index (χ2n) is 38.7. The Hall–Kier alpha value is -9.76. The molecule has 26 rings (SSSR count). The monoisotopic (exact) mass is 2620 g/mol. The summed E-state index contributed by atoms with van der Waals surface area (Å²) in [6.45, 7) is 0. The van der Waals surface area contributed by atoms with Crippen LogP contribution in [0.25, 0.3) is 138 Å². The van der Waals surface area contributed by atoms with E-state index in [0.29, 0.717) is 23.6 Å². The van der Waals surface area contributed by atoms with E-state index in [9.17, 15) is 0 Å². The van der Waals surface area contributed by atoms with E-state index < -0.39 is 0 Å². The molecule has 0 amide bonds. The summed E-state index contributed by atoms with van der Waals surface area (Å²) in [4.78, 5) is 14.4. The van der Waals surface area contributed by atoms with Crippen LogP contribution in [0.5, 0.6) is 0 Å². The summed E-state index contributed by atoms with van der Waals surface area (Å²) in [7, 11) is 0. The summed E-state index contributed by atoms with van der Waals surface area (Å²) in [6, 6.07) is 128. The number of hydrogen-bond donors (Lipinski definition) is 0. The summed E-state index contributed by atoms with van der Waals surface area (Å²) in [5.41, 5.74) is 20.9. The molecule has 18 aromatic rings. The van der Waals surface area contributed by atoms with Gasteiger partial charge in [0.25, 0.3) is 0 Å². The molecular weight excluding hydrogens is 2450 g/mol. The molecule has 0 unspecified atom stereocenters. The van der Waals surface area contributed by atoms with Crippen molar-refractivity contribution in [2.24, 2.45) is 0 Å². The Bertz CT molecular complexity index is 6400. The molecule has 8 aliphatic rings. The van der Waals surface area contributed by atoms with E-state index in [-0.39, 0.29) is 139 Å². The number of hydrogen-bond acceptors (Lipinski definition) is 3. The van der Waals surface area contributed by atoms with Crippen LogP contribution in [0.1, 0.15) is 277 Å². The largest absolute Gasteiger partial charge is 2.00 e. The van der Waals surface area contributed by atoms with Crippen molar-refractivity contribution in [3.05, 3.63) is 434 Å². The van der Waals surface area contributed by atoms with Crippen molar-refractivity contribution in [2.75, 3.05) is 0 Å². The summed E-state index contributed by atoms with van der Waals surface area (Å²) in [5, 5.41) is 13.7. The zero-order valence-electron chi connectivity index (χ0n) is 87.3. The van der Waals surface area contributed by atoms with Gasteiger partial charge in [0.05, 0.1) is 11.0 Å². The summed E-state index contributed by atoms with van der Waals surface area (Å²) >= 11 is 0. The average Bonchev–Trinajstić information content (AvgIpc) is 1.58. The van der Waals surface area contributed by atoms with Crippen molar-refractivity contribution in [3.63, 3.8) is 0 Å². The van der Waals surface area contributed by atoms with Crippen molar-refractivity contribution in [2.45, 2.75) is 254 Å². The first kappa shape index (κ1) is 121. The SMILES string of the molecule is C1CCCC1.C1CCCC1.C1CCCC1.[CH3-].[CH3-].[CH3-].[CH3-].[CH3-].[CH3-].[CH3-].[CH3-].[Os+2].[Os+2].[Os+2].[Os+2].c1ccc(-c2ccc(C3CCCC3)cc2)cc1.c1ccc(-c2ccc(C3CCCC3)cc2)cc1.c1ccc(-c2nc(-c3ccccc3)nc(-c3ccc(C4CCCC4)cc3)n2)cc1.c1ccc2c(c1)c1ccccc1c1cc(C3CCCC3)ccc21.c1ccc2c(c1)c1ccccc1n2-c1ccc2c(c1)c1ccccc1n2C1CCCC1. The fraction of sp³-hybridized carbons (Fsp3) is 0.296. The van der Waals surface area contributed by atoms with E-state index in [0.717, 1.165) is 40.3 Å². The quantitative estimate of drug-likeness (QED) is 0.0958. The van der Waals surface area contributed by atoms with Crippen LogP contribution < -0.4 is 0 Å². The van der Waals surface area contributed by atoms with Gasteiger partial charge in [0.1, 0.15) is 0 Å². The van der Waals surface area contributed by atoms with E-state index in [1.165, 1.54) is 351 Å². The zero-order valence-corrected chi connectivity index (χ0v) is 97.4. The van der Waals surface area contributed by atoms with Crippen LogP contribution in [0.2, 0.25) is 0 Å². The van der Waals surface area contributed by atoms with Crippen molar-refractivity contribution < 1.29 is 79.2 Å². The third-order valence-electron chi connectivity index (χ3n) is 30.0. The van der Waals surface area contributed by atoms with Gasteiger partial charge in [-0.25, -0.2) is 15.0 Å². The molecule has 3 aromatic heterocycles. The number of benzene rings is 15. The molecule has 8 saturated carbocycles. The first-order valence-corrected chi connectivity index (χ1v) is 51.2. The molecule has 9 heteroatoms. The molecule has 0 radical (unpaired) electrons. The Balaban J connectivity index is 0.000000233. The average molecular weight is 2610 g/mol. The molecular formula is C135H157N5Os4. The first-order chi connectivity index (χ1) is 65.5. The van der Waals surface area contributed by atoms with Crippen LogP contribution in [0.4, 0.5) is 0 Å². The molecule has 8 fully saturated rings. The number of rotatable bonds is 11. The van der Waals surface area contributed by atoms with Gasteiger partial charge >= 0.3 is 79.2 Å². The molecule has 3 heterocycles. The Morgan fingerprint density at radius 2 is 0.396 bits per heavy atom. The topological polar surface area (TPSA) is 48.5 Å². The number of fused-ring (bicyclic) bond motifs is 12. The molecule has 754 valence electrons. The second kappa shape index (κ2) is 61.8. The third kappa shape index (κ3) is 30.1. The fourth-order valence-electron chi connectivity index (χ4n) is 22.8. The van der Waals surface area contributed by atoms with E-state index in [1.54, 1.807) is 0 Å². The van der Waals surface area contributed by atoms with Gasteiger partial charge in [0.2, 0.25) is 0 Å². The predicted molar refractivity (Wildman–Crippen MR) is 616 cm³/mol. The van der Waals surface area contributed by atoms with Gasteiger partial charge in [0.15, 0.2) is 17.5 Å². The maximum absolute atomic E-state index is 4.80. The Kier molecular flexibility index (Phi) is 52.0. The Morgan fingerprint density at radius 1 is 0.167 bits per heavy atom. The van der Waals surface area contributed by atoms with Gasteiger partial charge in [-0.3, -0.25) is 0 Å². The van der Waals surface area contributed by atoms with Gasteiger partial charge in [-0.1, -0.05) is 476 Å². The summed E-state index contributed by atoms with van der Waals surface area (Å²) in [6.07, 6.45) is 49.7. The van der Waals surface area contributed by atoms with Crippen LogP contribution in [0, 0.1) is 59.4 Å². The van der Waals surface area contributed by atoms with Crippen molar-refractivity contribution >= 4 is 75.9 Å². The molecule has 0 spiro atoms. The molecule has 15 aromatic carbocycles. The molecule has 0 saturated heterocycles. The standard InChI is InChI=1S/C29H24N2.C26H23N3.C23H20.2C17H18.3C5H10.8CH3.4Os/c1-2-10-20(9-1)30-28-16-8-5-13-24(28)25-19-21(17-18-29(25)30)31-26-14-6-3-11-22(26)23-12-4-7-15-27(23)31;1-3-11-21(12-4-1)24-27-25(22-13-5-2-6-14-22)29-26(28-24)23-17-15-20(16-18-23)19-9-7-8-10-19;1-2-8-16(7-1)17-13-14-22-20-11-4-3-9-18(20)19-10-5-6-12-21(19)23(22)15-17;2*1-2-6-14(7-3-1)16-10-12-17(13-11-16)15-8-4-5-9-15;3*1-2-4-5-3-1;;;;;;;;;;;;/h3-8,11-20H,1-2,9-10H2;1-6,11-19H,7-10H2;3-6,9-16H,1-2,7-8H2;2*1-3,6-7,10-13,15H,4-5,8-9H2;3*1-5H2;8*1H3;;;;/q;;;;;;;;8*-1;4*+2. The van der Waals surface area contributed by atoms with Gasteiger partial charge < -0.3 is 68.5 Å². The Labute approximate surface area is 921 Å². The van der Waals surface area contributed by atoms with Gasteiger partial charge in [-0.05, 0) is 201 Å². The van der Waals surface area contributed by atoms with Crippen LogP contribution in [-0.4, -0.2) is 24.1 Å². The van der Waals surface area contributed by atoms with Gasteiger partial charge in [-0.15, -0.1) is 0 Å². The van der Waals surface area contributed by atoms with E-state index in [4.69, 9.17) is 15.0 Å². The maximum atomic E-state index is 4.80. The Morgan fingerprint density at radius 3 is 0.729 bits per heavy atom. The van der Waals surface area contributed by atoms with Crippen LogP contribution in [0.3, 0.4) is 0 Å². The predicted octanol–water partition coefficient (Wildman–Crippen LogP) is 40.8. The molecule has 0 aliphatic heterocycles. The van der Waals surface area contributed by atoms with Crippen LogP contribution >= 0.6 is 0 Å². The molecule has 8 aliphatic carbocycles. The summed E-state index contributed by atoms with van der Waals surface area (Å²) < 4.78 is 5.04.